The van der Waals surface area contributed by atoms with Gasteiger partial charge in [-0.2, -0.15) is 0 Å². The van der Waals surface area contributed by atoms with Gasteiger partial charge in [0.15, 0.2) is 0 Å². The molecule has 0 radical (unpaired) electrons. The van der Waals surface area contributed by atoms with Gasteiger partial charge in [0.1, 0.15) is 19.3 Å². The Hall–Kier alpha value is -2.81. The van der Waals surface area contributed by atoms with E-state index in [0.717, 1.165) is 103 Å². The normalized spacial score (nSPS) is 14.3. The molecule has 0 aliphatic rings. The molecule has 0 aliphatic heterocycles. The van der Waals surface area contributed by atoms with Crippen molar-refractivity contribution in [3.63, 3.8) is 0 Å². The fraction of sp³-hybridized carbons (Fsp3) is 0.746. The lowest BCUT2D eigenvalue weighted by Crippen LogP contribution is -2.47. The maximum absolute atomic E-state index is 13.5. The highest BCUT2D eigenvalue weighted by atomic mass is 31.2. The first-order chi connectivity index (χ1) is 35.4. The molecule has 0 bridgehead atoms. The van der Waals surface area contributed by atoms with Crippen LogP contribution in [0.2, 0.25) is 0 Å². The number of ether oxygens (including phenoxy) is 1. The molecule has 73 heavy (non-hydrogen) atoms. The number of hydrogen-bond donors (Lipinski definition) is 2. The second-order valence-corrected chi connectivity index (χ2v) is 22.6. The summed E-state index contributed by atoms with van der Waals surface area (Å²) in [5.74, 6) is -0.535. The van der Waals surface area contributed by atoms with Gasteiger partial charge in [0.25, 0.3) is 0 Å². The zero-order valence-electron chi connectivity index (χ0n) is 48.1. The van der Waals surface area contributed by atoms with E-state index in [0.29, 0.717) is 23.9 Å². The van der Waals surface area contributed by atoms with E-state index in [-0.39, 0.29) is 31.5 Å². The van der Waals surface area contributed by atoms with Gasteiger partial charge in [-0.25, -0.2) is 4.57 Å². The molecule has 2 N–H and O–H groups in total. The van der Waals surface area contributed by atoms with E-state index in [4.69, 9.17) is 13.8 Å². The minimum absolute atomic E-state index is 0.0335. The Morgan fingerprint density at radius 1 is 0.493 bits per heavy atom. The predicted molar refractivity (Wildman–Crippen MR) is 314 cm³/mol. The lowest BCUT2D eigenvalue weighted by Gasteiger charge is -2.27. The third-order valence-electron chi connectivity index (χ3n) is 12.8. The Morgan fingerprint density at radius 3 is 1.32 bits per heavy atom. The van der Waals surface area contributed by atoms with E-state index in [9.17, 15) is 19.0 Å². The molecular formula is C63H114N2O7P+. The molecule has 0 saturated carbocycles. The molecule has 0 saturated heterocycles. The highest BCUT2D eigenvalue weighted by Gasteiger charge is 2.30. The zero-order valence-corrected chi connectivity index (χ0v) is 49.0. The van der Waals surface area contributed by atoms with Gasteiger partial charge in [-0.15, -0.1) is 0 Å². The molecule has 1 amide bonds. The van der Waals surface area contributed by atoms with Crippen LogP contribution in [0.4, 0.5) is 0 Å². The summed E-state index contributed by atoms with van der Waals surface area (Å²) in [5, 5.41) is 3.04. The van der Waals surface area contributed by atoms with Gasteiger partial charge >= 0.3 is 13.8 Å². The summed E-state index contributed by atoms with van der Waals surface area (Å²) in [6.45, 7) is 6.87. The number of rotatable bonds is 53. The molecule has 3 unspecified atom stereocenters. The van der Waals surface area contributed by atoms with Crippen molar-refractivity contribution in [1.29, 1.82) is 0 Å². The summed E-state index contributed by atoms with van der Waals surface area (Å²) in [6.07, 6.45) is 68.6. The molecule has 0 spiro atoms. The standard InChI is InChI=1S/C63H113N2O7P/c1-7-10-13-16-19-22-25-27-28-29-30-31-32-33-34-35-36-38-41-44-47-50-53-56-63(67)72-61(54-51-48-45-42-39-24-21-18-15-12-9-3)60(59-71-73(68,69)70-58-57-65(4,5)6)64-62(66)55-52-49-46-43-40-37-26-23-20-17-14-11-8-2/h10,13,19,22,27-28,30-31,33-34,36,38,51,54,60-61H,7-9,11-12,14-18,20-21,23-26,29,32,35,37,39-50,52-53,55-59H2,1-6H3,(H-,64,66,68,69)/p+1/b13-10-,22-19-,28-27-,31-30-,34-33-,38-36-,54-51+. The van der Waals surface area contributed by atoms with Crippen molar-refractivity contribution in [3.8, 4) is 0 Å². The van der Waals surface area contributed by atoms with Crippen LogP contribution in [-0.4, -0.2) is 74.3 Å². The van der Waals surface area contributed by atoms with Crippen molar-refractivity contribution in [2.75, 3.05) is 40.9 Å². The number of nitrogens with zero attached hydrogens (tertiary/aromatic N) is 1. The molecule has 0 rings (SSSR count). The van der Waals surface area contributed by atoms with Gasteiger partial charge in [-0.1, -0.05) is 241 Å². The maximum atomic E-state index is 13.5. The number of carbonyl (C=O) groups excluding carboxylic acids is 2. The minimum Gasteiger partial charge on any atom is -0.456 e. The molecule has 0 aliphatic carbocycles. The highest BCUT2D eigenvalue weighted by Crippen LogP contribution is 2.43. The molecule has 0 aromatic carbocycles. The number of nitrogens with one attached hydrogen (secondary N) is 1. The zero-order chi connectivity index (χ0) is 53.6. The molecule has 0 aromatic rings. The van der Waals surface area contributed by atoms with Crippen LogP contribution in [0.15, 0.2) is 85.1 Å². The fourth-order valence-electron chi connectivity index (χ4n) is 8.24. The van der Waals surface area contributed by atoms with Crippen molar-refractivity contribution in [3.05, 3.63) is 85.1 Å². The minimum atomic E-state index is -4.45. The molecule has 422 valence electrons. The van der Waals surface area contributed by atoms with E-state index in [1.54, 1.807) is 0 Å². The summed E-state index contributed by atoms with van der Waals surface area (Å²) in [4.78, 5) is 37.6. The van der Waals surface area contributed by atoms with E-state index in [1.165, 1.54) is 109 Å². The number of likely N-dealkylation sites (N-methyl/N-ethyl adjacent to an activating group) is 1. The van der Waals surface area contributed by atoms with Gasteiger partial charge in [0, 0.05) is 12.8 Å². The maximum Gasteiger partial charge on any atom is 0.472 e. The molecule has 0 fully saturated rings. The third kappa shape index (κ3) is 53.8. The third-order valence-corrected chi connectivity index (χ3v) is 13.8. The van der Waals surface area contributed by atoms with Crippen LogP contribution in [0, 0.1) is 0 Å². The number of phosphoric acid groups is 1. The largest absolute Gasteiger partial charge is 0.472 e. The topological polar surface area (TPSA) is 111 Å². The van der Waals surface area contributed by atoms with Gasteiger partial charge in [0.05, 0.1) is 33.8 Å². The Bertz CT molecular complexity index is 1530. The summed E-state index contributed by atoms with van der Waals surface area (Å²) < 4.78 is 30.6. The molecule has 0 heterocycles. The number of amides is 1. The second-order valence-electron chi connectivity index (χ2n) is 21.1. The SMILES string of the molecule is CC/C=C\C/C=C\C/C=C\C/C=C\C/C=C\C/C=C\CCCCCCC(=O)OC(/C=C/CCCCCCCCCCC)C(COP(=O)(O)OCC[N+](C)(C)C)NC(=O)CCCCCCCCCCCCCCC. The number of carbonyl (C=O) groups is 2. The number of esters is 1. The van der Waals surface area contributed by atoms with Crippen molar-refractivity contribution in [2.24, 2.45) is 0 Å². The Morgan fingerprint density at radius 2 is 0.877 bits per heavy atom. The highest BCUT2D eigenvalue weighted by molar-refractivity contribution is 7.47. The van der Waals surface area contributed by atoms with Crippen LogP contribution in [-0.2, 0) is 27.9 Å². The van der Waals surface area contributed by atoms with Crippen molar-refractivity contribution >= 4 is 19.7 Å². The Balaban J connectivity index is 5.26. The first-order valence-electron chi connectivity index (χ1n) is 29.9. The Labute approximate surface area is 450 Å². The molecule has 10 heteroatoms. The molecule has 3 atom stereocenters. The van der Waals surface area contributed by atoms with Crippen LogP contribution in [0.1, 0.15) is 252 Å². The second kappa shape index (κ2) is 52.6. The van der Waals surface area contributed by atoms with E-state index < -0.39 is 20.0 Å². The summed E-state index contributed by atoms with van der Waals surface area (Å²) in [6, 6.07) is -0.860. The van der Waals surface area contributed by atoms with E-state index >= 15 is 0 Å². The number of phosphoric ester groups is 1. The first kappa shape index (κ1) is 70.2. The lowest BCUT2D eigenvalue weighted by molar-refractivity contribution is -0.870. The summed E-state index contributed by atoms with van der Waals surface area (Å²) in [5.41, 5.74) is 0. The first-order valence-corrected chi connectivity index (χ1v) is 31.4. The number of unbranched alkanes of at least 4 members (excludes halogenated alkanes) is 25. The quantitative estimate of drug-likeness (QED) is 0.0205. The average Bonchev–Trinajstić information content (AvgIpc) is 3.35. The predicted octanol–water partition coefficient (Wildman–Crippen LogP) is 18.2. The van der Waals surface area contributed by atoms with Crippen LogP contribution < -0.4 is 5.32 Å². The van der Waals surface area contributed by atoms with Gasteiger partial charge in [0.2, 0.25) is 5.91 Å². The molecular weight excluding hydrogens is 928 g/mol. The van der Waals surface area contributed by atoms with Crippen LogP contribution in [0.25, 0.3) is 0 Å². The lowest BCUT2D eigenvalue weighted by atomic mass is 10.0. The van der Waals surface area contributed by atoms with E-state index in [1.807, 2.05) is 33.3 Å². The smallest absolute Gasteiger partial charge is 0.456 e. The number of allylic oxidation sites excluding steroid dienone is 13. The number of quaternary nitrogens is 1. The van der Waals surface area contributed by atoms with Crippen LogP contribution >= 0.6 is 7.82 Å². The van der Waals surface area contributed by atoms with Crippen LogP contribution in [0.5, 0.6) is 0 Å². The molecule has 0 aromatic heterocycles. The van der Waals surface area contributed by atoms with Crippen molar-refractivity contribution in [1.82, 2.24) is 5.32 Å². The summed E-state index contributed by atoms with van der Waals surface area (Å²) >= 11 is 0. The van der Waals surface area contributed by atoms with Gasteiger partial charge in [-0.05, 0) is 83.1 Å². The van der Waals surface area contributed by atoms with Gasteiger partial charge in [-0.3, -0.25) is 18.6 Å². The fourth-order valence-corrected chi connectivity index (χ4v) is 8.97. The van der Waals surface area contributed by atoms with Crippen LogP contribution in [0.3, 0.4) is 0 Å². The number of hydrogen-bond acceptors (Lipinski definition) is 6. The van der Waals surface area contributed by atoms with Gasteiger partial charge < -0.3 is 19.4 Å². The monoisotopic (exact) mass is 1040 g/mol. The van der Waals surface area contributed by atoms with E-state index in [2.05, 4.69) is 99.0 Å². The average molecular weight is 1040 g/mol. The Kier molecular flexibility index (Phi) is 50.6. The molecule has 9 nitrogen and oxygen atoms in total. The van der Waals surface area contributed by atoms with Crippen molar-refractivity contribution in [2.45, 2.75) is 264 Å². The summed E-state index contributed by atoms with van der Waals surface area (Å²) in [7, 11) is 1.48. The van der Waals surface area contributed by atoms with Crippen molar-refractivity contribution < 1.29 is 37.3 Å².